The maximum absolute atomic E-state index is 11.0. The lowest BCUT2D eigenvalue weighted by Crippen LogP contribution is -2.44. The van der Waals surface area contributed by atoms with Gasteiger partial charge in [0.25, 0.3) is 0 Å². The van der Waals surface area contributed by atoms with E-state index in [-0.39, 0.29) is 12.7 Å². The van der Waals surface area contributed by atoms with Gasteiger partial charge in [0.2, 0.25) is 8.32 Å². The van der Waals surface area contributed by atoms with Crippen molar-refractivity contribution in [2.75, 3.05) is 13.7 Å². The third-order valence-corrected chi connectivity index (χ3v) is 11.6. The van der Waals surface area contributed by atoms with Crippen LogP contribution in [0.4, 0.5) is 4.79 Å². The van der Waals surface area contributed by atoms with E-state index in [1.54, 1.807) is 0 Å². The van der Waals surface area contributed by atoms with Crippen molar-refractivity contribution in [1.29, 1.82) is 0 Å². The lowest BCUT2D eigenvalue weighted by Gasteiger charge is -2.36. The van der Waals surface area contributed by atoms with Gasteiger partial charge < -0.3 is 13.9 Å². The fourth-order valence-electron chi connectivity index (χ4n) is 4.26. The van der Waals surface area contributed by atoms with Crippen molar-refractivity contribution in [2.24, 2.45) is 5.92 Å². The lowest BCUT2D eigenvalue weighted by atomic mass is 9.97. The van der Waals surface area contributed by atoms with Crippen LogP contribution in [0, 0.1) is 5.92 Å². The minimum absolute atomic E-state index is 0.188. The summed E-state index contributed by atoms with van der Waals surface area (Å²) in [6, 6.07) is 0. The molecule has 0 bridgehead atoms. The maximum Gasteiger partial charge on any atom is 0.508 e. The van der Waals surface area contributed by atoms with Crippen molar-refractivity contribution < 1.29 is 18.7 Å². The summed E-state index contributed by atoms with van der Waals surface area (Å²) in [7, 11) is -0.745. The number of allylic oxidation sites excluding steroid dienone is 5. The molecule has 0 spiro atoms. The van der Waals surface area contributed by atoms with Crippen LogP contribution >= 0.6 is 0 Å². The van der Waals surface area contributed by atoms with E-state index in [1.807, 2.05) is 13.0 Å². The van der Waals surface area contributed by atoms with E-state index in [9.17, 15) is 4.79 Å². The number of hydrogen-bond donors (Lipinski definition) is 0. The number of methoxy groups -OCH3 is 1. The lowest BCUT2D eigenvalue weighted by molar-refractivity contribution is 0.0817. The highest BCUT2D eigenvalue weighted by molar-refractivity contribution is 6.84. The van der Waals surface area contributed by atoms with E-state index in [4.69, 9.17) is 9.16 Å². The van der Waals surface area contributed by atoms with Crippen LogP contribution in [0.15, 0.2) is 46.7 Å². The molecule has 1 saturated heterocycles. The molecule has 0 aromatic carbocycles. The van der Waals surface area contributed by atoms with E-state index >= 15 is 0 Å². The fraction of sp³-hybridized carbons (Fsp3) is 0.625. The number of ether oxygens (including phenoxy) is 2. The predicted octanol–water partition coefficient (Wildman–Crippen LogP) is 6.89. The molecule has 0 amide bonds. The summed E-state index contributed by atoms with van der Waals surface area (Å²) in [6.45, 7) is 18.1. The summed E-state index contributed by atoms with van der Waals surface area (Å²) < 4.78 is 16.3. The van der Waals surface area contributed by atoms with E-state index in [2.05, 4.69) is 77.5 Å². The van der Waals surface area contributed by atoms with Crippen LogP contribution in [0.5, 0.6) is 0 Å². The number of rotatable bonds is 8. The van der Waals surface area contributed by atoms with Gasteiger partial charge in [-0.2, -0.15) is 0 Å². The first kappa shape index (κ1) is 25.4. The Bertz CT molecular complexity index is 662. The molecule has 2 atom stereocenters. The normalized spacial score (nSPS) is 24.2. The molecule has 0 aliphatic carbocycles. The third kappa shape index (κ3) is 6.19. The third-order valence-electron chi connectivity index (χ3n) is 5.99. The van der Waals surface area contributed by atoms with Gasteiger partial charge in [-0.05, 0) is 55.1 Å². The largest absolute Gasteiger partial charge is 0.508 e. The van der Waals surface area contributed by atoms with Crippen LogP contribution in [0.3, 0.4) is 0 Å². The van der Waals surface area contributed by atoms with Crippen molar-refractivity contribution in [3.8, 4) is 0 Å². The number of carbonyl (C=O) groups excluding carboxylic acids is 1. The molecule has 5 heteroatoms. The Balaban J connectivity index is 3.01. The minimum Gasteiger partial charge on any atom is -0.438 e. The highest BCUT2D eigenvalue weighted by Crippen LogP contribution is 2.50. The molecule has 1 aliphatic rings. The van der Waals surface area contributed by atoms with Crippen LogP contribution in [0.2, 0.25) is 11.1 Å². The summed E-state index contributed by atoms with van der Waals surface area (Å²) >= 11 is 0. The van der Waals surface area contributed by atoms with Gasteiger partial charge in [-0.3, -0.25) is 0 Å². The monoisotopic (exact) mass is 420 g/mol. The smallest absolute Gasteiger partial charge is 0.438 e. The molecule has 164 valence electrons. The summed E-state index contributed by atoms with van der Waals surface area (Å²) in [4.78, 5) is 11.0. The quantitative estimate of drug-likeness (QED) is 0.243. The van der Waals surface area contributed by atoms with E-state index in [0.717, 1.165) is 12.0 Å². The zero-order chi connectivity index (χ0) is 22.2. The van der Waals surface area contributed by atoms with Crippen LogP contribution in [-0.2, 0) is 13.9 Å². The van der Waals surface area contributed by atoms with Crippen molar-refractivity contribution in [3.05, 3.63) is 46.7 Å². The predicted molar refractivity (Wildman–Crippen MR) is 123 cm³/mol. The van der Waals surface area contributed by atoms with Gasteiger partial charge in [0.15, 0.2) is 0 Å². The van der Waals surface area contributed by atoms with Crippen molar-refractivity contribution in [3.63, 3.8) is 0 Å². The first-order valence-electron chi connectivity index (χ1n) is 10.7. The van der Waals surface area contributed by atoms with Crippen molar-refractivity contribution >= 4 is 14.5 Å². The Morgan fingerprint density at radius 1 is 1.21 bits per heavy atom. The second kappa shape index (κ2) is 11.6. The number of hydrogen-bond acceptors (Lipinski definition) is 4. The van der Waals surface area contributed by atoms with Gasteiger partial charge in [0, 0.05) is 5.92 Å². The molecule has 0 aromatic heterocycles. The molecular weight excluding hydrogens is 380 g/mol. The van der Waals surface area contributed by atoms with E-state index < -0.39 is 14.5 Å². The van der Waals surface area contributed by atoms with Crippen molar-refractivity contribution in [2.45, 2.75) is 79.0 Å². The molecule has 29 heavy (non-hydrogen) atoms. The number of carbonyl (C=O) groups is 1. The molecule has 0 N–H and O–H groups in total. The zero-order valence-electron chi connectivity index (χ0n) is 19.7. The fourth-order valence-corrected chi connectivity index (χ4v) is 9.64. The van der Waals surface area contributed by atoms with Gasteiger partial charge in [-0.1, -0.05) is 64.5 Å². The molecule has 1 heterocycles. The molecule has 1 fully saturated rings. The highest BCUT2D eigenvalue weighted by Gasteiger charge is 2.55. The molecule has 1 rings (SSSR count). The van der Waals surface area contributed by atoms with Crippen LogP contribution < -0.4 is 0 Å². The minimum atomic E-state index is -2.05. The first-order chi connectivity index (χ1) is 13.6. The summed E-state index contributed by atoms with van der Waals surface area (Å²) in [5.74, 6) is 0.400. The Morgan fingerprint density at radius 2 is 1.83 bits per heavy atom. The SMILES string of the molecule is C/C=C(\C)[C@@H]1O[Si](C(C)C)(C(C)C)/C(=C/C=C/C/C(C)=C/COC(=O)OC)[C@H]1C. The molecular formula is C24H40O4Si. The maximum atomic E-state index is 11.0. The molecule has 0 unspecified atom stereocenters. The second-order valence-electron chi connectivity index (χ2n) is 8.53. The average Bonchev–Trinajstić information content (AvgIpc) is 2.98. The zero-order valence-corrected chi connectivity index (χ0v) is 20.7. The van der Waals surface area contributed by atoms with Gasteiger partial charge in [0.05, 0.1) is 13.2 Å². The van der Waals surface area contributed by atoms with Gasteiger partial charge >= 0.3 is 6.16 Å². The standard InChI is InChI=1S/C24H40O4Si/c1-10-20(7)23-21(8)22(29(28-23,17(2)3)18(4)5)14-12-11-13-19(6)15-16-27-24(25)26-9/h10-12,14-15,17-18,21,23H,13,16H2,1-9H3/b12-11+,19-15+,20-10+,22-14+/t21-,23+/m1/s1. The molecule has 4 nitrogen and oxygen atoms in total. The molecule has 0 saturated carbocycles. The Morgan fingerprint density at radius 3 is 2.34 bits per heavy atom. The van der Waals surface area contributed by atoms with Crippen LogP contribution in [0.25, 0.3) is 0 Å². The summed E-state index contributed by atoms with van der Waals surface area (Å²) in [6.07, 6.45) is 11.1. The topological polar surface area (TPSA) is 44.8 Å². The van der Waals surface area contributed by atoms with Crippen molar-refractivity contribution in [1.82, 2.24) is 0 Å². The molecule has 1 aliphatic heterocycles. The Kier molecular flexibility index (Phi) is 10.1. The molecule has 0 radical (unpaired) electrons. The second-order valence-corrected chi connectivity index (χ2v) is 13.2. The highest BCUT2D eigenvalue weighted by atomic mass is 28.4. The van der Waals surface area contributed by atoms with E-state index in [0.29, 0.717) is 17.0 Å². The average molecular weight is 421 g/mol. The van der Waals surface area contributed by atoms with Crippen LogP contribution in [-0.4, -0.2) is 34.3 Å². The van der Waals surface area contributed by atoms with E-state index in [1.165, 1.54) is 17.9 Å². The van der Waals surface area contributed by atoms with Gasteiger partial charge in [-0.25, -0.2) is 4.79 Å². The summed E-state index contributed by atoms with van der Waals surface area (Å²) in [5, 5.41) is 1.51. The molecule has 0 aromatic rings. The summed E-state index contributed by atoms with van der Waals surface area (Å²) in [5.41, 5.74) is 3.53. The van der Waals surface area contributed by atoms with Crippen LogP contribution in [0.1, 0.15) is 61.8 Å². The Labute approximate surface area is 178 Å². The van der Waals surface area contributed by atoms with Gasteiger partial charge in [0.1, 0.15) is 6.61 Å². The van der Waals surface area contributed by atoms with Gasteiger partial charge in [-0.15, -0.1) is 0 Å². The first-order valence-corrected chi connectivity index (χ1v) is 12.7. The Hall–Kier alpha value is -1.59.